The molecule has 0 aliphatic carbocycles. The summed E-state index contributed by atoms with van der Waals surface area (Å²) in [7, 11) is 0. The zero-order valence-electron chi connectivity index (χ0n) is 9.81. The summed E-state index contributed by atoms with van der Waals surface area (Å²) in [5, 5.41) is 0.435. The van der Waals surface area contributed by atoms with Gasteiger partial charge < -0.3 is 10.6 Å². The number of carbonyl (C=O) groups is 2. The van der Waals surface area contributed by atoms with Crippen LogP contribution in [0, 0.1) is 0 Å². The summed E-state index contributed by atoms with van der Waals surface area (Å²) in [6, 6.07) is 5.03. The molecule has 1 aromatic rings. The summed E-state index contributed by atoms with van der Waals surface area (Å²) >= 11 is 6.08. The van der Waals surface area contributed by atoms with Crippen molar-refractivity contribution in [3.8, 4) is 0 Å². The van der Waals surface area contributed by atoms with Crippen LogP contribution >= 0.6 is 11.6 Å². The zero-order valence-corrected chi connectivity index (χ0v) is 10.6. The average Bonchev–Trinajstić information content (AvgIpc) is 2.25. The highest BCUT2D eigenvalue weighted by Crippen LogP contribution is 2.27. The van der Waals surface area contributed by atoms with Crippen LogP contribution in [0.4, 0.5) is 5.69 Å². The van der Waals surface area contributed by atoms with Gasteiger partial charge in [0.25, 0.3) is 0 Å². The van der Waals surface area contributed by atoms with E-state index < -0.39 is 5.91 Å². The van der Waals surface area contributed by atoms with Gasteiger partial charge in [-0.3, -0.25) is 9.59 Å². The Morgan fingerprint density at radius 3 is 2.59 bits per heavy atom. The Balaban J connectivity index is 3.10. The number of rotatable bonds is 5. The molecule has 2 N–H and O–H groups in total. The normalized spacial score (nSPS) is 10.4. The molecular weight excluding hydrogens is 240 g/mol. The van der Waals surface area contributed by atoms with Crippen molar-refractivity contribution in [1.82, 2.24) is 0 Å². The molecule has 4 nitrogen and oxygen atoms in total. The fourth-order valence-electron chi connectivity index (χ4n) is 1.54. The van der Waals surface area contributed by atoms with Gasteiger partial charge >= 0.3 is 0 Å². The molecule has 0 aliphatic rings. The van der Waals surface area contributed by atoms with Crippen LogP contribution in [0.1, 0.15) is 24.2 Å². The van der Waals surface area contributed by atoms with Crippen molar-refractivity contribution in [3.63, 3.8) is 0 Å². The lowest BCUT2D eigenvalue weighted by atomic mass is 10.2. The monoisotopic (exact) mass is 254 g/mol. The van der Waals surface area contributed by atoms with E-state index in [4.69, 9.17) is 17.3 Å². The van der Waals surface area contributed by atoms with Gasteiger partial charge in [-0.2, -0.15) is 0 Å². The second-order valence-corrected chi connectivity index (χ2v) is 4.42. The molecule has 0 unspecified atom stereocenters. The second kappa shape index (κ2) is 5.68. The molecule has 0 saturated heterocycles. The molecule has 0 radical (unpaired) electrons. The van der Waals surface area contributed by atoms with E-state index in [1.165, 1.54) is 0 Å². The molecule has 0 spiro atoms. The molecule has 1 aromatic carbocycles. The maximum atomic E-state index is 11.0. The Kier molecular flexibility index (Phi) is 4.52. The Labute approximate surface area is 105 Å². The Morgan fingerprint density at radius 2 is 2.18 bits per heavy atom. The number of carbonyl (C=O) groups excluding carboxylic acids is 2. The fraction of sp³-hybridized carbons (Fsp3) is 0.333. The number of hydrogen-bond acceptors (Lipinski definition) is 3. The van der Waals surface area contributed by atoms with Crippen LogP contribution in [0.5, 0.6) is 0 Å². The molecule has 1 amide bonds. The molecule has 17 heavy (non-hydrogen) atoms. The van der Waals surface area contributed by atoms with Gasteiger partial charge in [0, 0.05) is 11.6 Å². The van der Waals surface area contributed by atoms with Gasteiger partial charge in [-0.1, -0.05) is 11.6 Å². The van der Waals surface area contributed by atoms with Gasteiger partial charge in [-0.15, -0.1) is 0 Å². The van der Waals surface area contributed by atoms with Crippen LogP contribution < -0.4 is 10.6 Å². The van der Waals surface area contributed by atoms with Crippen LogP contribution in [0.3, 0.4) is 0 Å². The van der Waals surface area contributed by atoms with Gasteiger partial charge in [0.15, 0.2) is 0 Å². The van der Waals surface area contributed by atoms with E-state index in [1.54, 1.807) is 23.1 Å². The maximum absolute atomic E-state index is 11.0. The molecule has 0 aromatic heterocycles. The summed E-state index contributed by atoms with van der Waals surface area (Å²) in [6.45, 7) is 3.97. The van der Waals surface area contributed by atoms with E-state index >= 15 is 0 Å². The van der Waals surface area contributed by atoms with Crippen molar-refractivity contribution in [2.75, 3.05) is 11.4 Å². The predicted octanol–water partition coefficient (Wildman–Crippen LogP) is 1.85. The summed E-state index contributed by atoms with van der Waals surface area (Å²) in [4.78, 5) is 23.4. The third-order valence-corrected chi connectivity index (χ3v) is 2.67. The Morgan fingerprint density at radius 1 is 1.53 bits per heavy atom. The number of anilines is 1. The minimum atomic E-state index is -0.422. The highest BCUT2D eigenvalue weighted by atomic mass is 35.5. The Hall–Kier alpha value is -1.55. The molecule has 0 saturated carbocycles. The zero-order chi connectivity index (χ0) is 13.0. The molecule has 0 fully saturated rings. The van der Waals surface area contributed by atoms with Crippen molar-refractivity contribution in [3.05, 3.63) is 28.8 Å². The molecule has 0 heterocycles. The van der Waals surface area contributed by atoms with Crippen molar-refractivity contribution in [2.24, 2.45) is 5.73 Å². The van der Waals surface area contributed by atoms with Crippen molar-refractivity contribution < 1.29 is 9.59 Å². The first-order valence-corrected chi connectivity index (χ1v) is 5.63. The van der Waals surface area contributed by atoms with Crippen molar-refractivity contribution in [1.29, 1.82) is 0 Å². The lowest BCUT2D eigenvalue weighted by molar-refractivity contribution is -0.116. The van der Waals surface area contributed by atoms with Gasteiger partial charge in [0.05, 0.1) is 17.3 Å². The third-order valence-electron chi connectivity index (χ3n) is 2.37. The largest absolute Gasteiger partial charge is 0.368 e. The highest BCUT2D eigenvalue weighted by molar-refractivity contribution is 6.33. The number of benzene rings is 1. The first-order valence-electron chi connectivity index (χ1n) is 5.25. The van der Waals surface area contributed by atoms with E-state index in [9.17, 15) is 9.59 Å². The summed E-state index contributed by atoms with van der Waals surface area (Å²) in [6.07, 6.45) is 0.726. The molecular formula is C12H15ClN2O2. The number of halogens is 1. The summed E-state index contributed by atoms with van der Waals surface area (Å²) in [5.74, 6) is -0.422. The standard InChI is InChI=1S/C12H15ClN2O2/c1-8(2)15(6-12(14)17)11-4-3-9(7-16)5-10(11)13/h3-5,7-8H,6H2,1-2H3,(H2,14,17). The second-order valence-electron chi connectivity index (χ2n) is 4.02. The SMILES string of the molecule is CC(C)N(CC(N)=O)c1ccc(C=O)cc1Cl. The van der Waals surface area contributed by atoms with Crippen molar-refractivity contribution in [2.45, 2.75) is 19.9 Å². The number of nitrogens with two attached hydrogens (primary N) is 1. The molecule has 0 aliphatic heterocycles. The predicted molar refractivity (Wildman–Crippen MR) is 68.5 cm³/mol. The van der Waals surface area contributed by atoms with E-state index in [2.05, 4.69) is 0 Å². The highest BCUT2D eigenvalue weighted by Gasteiger charge is 2.16. The first kappa shape index (κ1) is 13.5. The maximum Gasteiger partial charge on any atom is 0.236 e. The van der Waals surface area contributed by atoms with E-state index in [-0.39, 0.29) is 12.6 Å². The molecule has 0 atom stereocenters. The molecule has 5 heteroatoms. The summed E-state index contributed by atoms with van der Waals surface area (Å²) in [5.41, 5.74) is 6.40. The smallest absolute Gasteiger partial charge is 0.236 e. The van der Waals surface area contributed by atoms with Crippen LogP contribution in [-0.4, -0.2) is 24.8 Å². The number of hydrogen-bond donors (Lipinski definition) is 1. The number of aldehydes is 1. The number of primary amides is 1. The molecule has 92 valence electrons. The van der Waals surface area contributed by atoms with E-state index in [0.717, 1.165) is 6.29 Å². The topological polar surface area (TPSA) is 63.4 Å². The first-order chi connectivity index (χ1) is 7.95. The van der Waals surface area contributed by atoms with Crippen LogP contribution in [0.15, 0.2) is 18.2 Å². The average molecular weight is 255 g/mol. The third kappa shape index (κ3) is 3.46. The van der Waals surface area contributed by atoms with Gasteiger partial charge in [0.2, 0.25) is 5.91 Å². The molecule has 0 bridgehead atoms. The summed E-state index contributed by atoms with van der Waals surface area (Å²) < 4.78 is 0. The quantitative estimate of drug-likeness (QED) is 0.816. The van der Waals surface area contributed by atoms with Crippen LogP contribution in [-0.2, 0) is 4.79 Å². The van der Waals surface area contributed by atoms with Gasteiger partial charge in [0.1, 0.15) is 6.29 Å². The van der Waals surface area contributed by atoms with Gasteiger partial charge in [-0.05, 0) is 32.0 Å². The van der Waals surface area contributed by atoms with E-state index in [1.807, 2.05) is 13.8 Å². The van der Waals surface area contributed by atoms with Crippen molar-refractivity contribution >= 4 is 29.5 Å². The number of nitrogens with zero attached hydrogens (tertiary/aromatic N) is 1. The minimum absolute atomic E-state index is 0.0853. The fourth-order valence-corrected chi connectivity index (χ4v) is 1.84. The van der Waals surface area contributed by atoms with Crippen LogP contribution in [0.2, 0.25) is 5.02 Å². The Bertz CT molecular complexity index is 433. The lowest BCUT2D eigenvalue weighted by Gasteiger charge is -2.28. The van der Waals surface area contributed by atoms with Crippen LogP contribution in [0.25, 0.3) is 0 Å². The molecule has 1 rings (SSSR count). The number of amides is 1. The lowest BCUT2D eigenvalue weighted by Crippen LogP contribution is -2.38. The van der Waals surface area contributed by atoms with Gasteiger partial charge in [-0.25, -0.2) is 0 Å². The van der Waals surface area contributed by atoms with E-state index in [0.29, 0.717) is 16.3 Å². The minimum Gasteiger partial charge on any atom is -0.368 e.